The molecule has 0 unspecified atom stereocenters. The topological polar surface area (TPSA) is 138 Å². The molecule has 1 aliphatic carbocycles. The molecule has 39 heavy (non-hydrogen) atoms. The van der Waals surface area contributed by atoms with E-state index in [0.29, 0.717) is 36.5 Å². The molecular weight excluding hydrogens is 535 g/mol. The van der Waals surface area contributed by atoms with Gasteiger partial charge in [0.2, 0.25) is 17.7 Å². The zero-order valence-electron chi connectivity index (χ0n) is 21.3. The number of hydrogen-bond acceptors (Lipinski definition) is 6. The number of nitrogens with two attached hydrogens (primary N) is 1. The average Bonchev–Trinajstić information content (AvgIpc) is 3.22. The summed E-state index contributed by atoms with van der Waals surface area (Å²) in [5.41, 5.74) is 4.67. The van der Waals surface area contributed by atoms with E-state index in [2.05, 4.69) is 10.6 Å². The van der Waals surface area contributed by atoms with Crippen molar-refractivity contribution in [1.29, 1.82) is 5.41 Å². The van der Waals surface area contributed by atoms with Crippen LogP contribution in [0.25, 0.3) is 0 Å². The number of nitrogen functional groups attached to an aromatic ring is 1. The Balaban J connectivity index is 1.28. The lowest BCUT2D eigenvalue weighted by molar-refractivity contribution is -0.140. The molecular formula is C26H30F3N5O4S. The summed E-state index contributed by atoms with van der Waals surface area (Å²) in [6.07, 6.45) is -2.85. The molecule has 1 aliphatic heterocycles. The number of carbonyl (C=O) groups is 3. The summed E-state index contributed by atoms with van der Waals surface area (Å²) >= 11 is 0.415. The molecule has 210 valence electrons. The van der Waals surface area contributed by atoms with Gasteiger partial charge in [0.15, 0.2) is 0 Å². The normalized spacial score (nSPS) is 21.7. The average molecular weight is 566 g/mol. The van der Waals surface area contributed by atoms with Gasteiger partial charge in [-0.3, -0.25) is 19.8 Å². The van der Waals surface area contributed by atoms with Gasteiger partial charge in [0, 0.05) is 22.9 Å². The first-order chi connectivity index (χ1) is 18.4. The summed E-state index contributed by atoms with van der Waals surface area (Å²) in [4.78, 5) is 38.9. The summed E-state index contributed by atoms with van der Waals surface area (Å²) in [6, 6.07) is 9.44. The minimum atomic E-state index is -4.67. The summed E-state index contributed by atoms with van der Waals surface area (Å²) in [6.45, 7) is 1.88. The summed E-state index contributed by atoms with van der Waals surface area (Å²) < 4.78 is 45.4. The number of nitrogens with one attached hydrogen (secondary N) is 3. The van der Waals surface area contributed by atoms with Crippen LogP contribution in [-0.4, -0.2) is 53.7 Å². The minimum absolute atomic E-state index is 0.125. The number of benzene rings is 1. The molecule has 0 radical (unpaired) electrons. The number of likely N-dealkylation sites (tertiary alicyclic amines) is 1. The number of hydrogen-bond donors (Lipinski definition) is 4. The fraction of sp³-hybridized carbons (Fsp3) is 0.462. The Morgan fingerprint density at radius 3 is 2.56 bits per heavy atom. The number of fused-ring (bicyclic) bond motifs is 1. The van der Waals surface area contributed by atoms with Gasteiger partial charge in [0.25, 0.3) is 0 Å². The number of rotatable bonds is 11. The monoisotopic (exact) mass is 565 g/mol. The summed E-state index contributed by atoms with van der Waals surface area (Å²) in [5, 5.41) is 12.6. The molecule has 3 amide bonds. The van der Waals surface area contributed by atoms with Gasteiger partial charge in [0.1, 0.15) is 22.5 Å². The molecule has 2 aliphatic rings. The van der Waals surface area contributed by atoms with Crippen molar-refractivity contribution >= 4 is 34.9 Å². The number of amidine groups is 1. The van der Waals surface area contributed by atoms with Gasteiger partial charge >= 0.3 is 6.18 Å². The number of alkyl halides is 3. The molecule has 1 aromatic carbocycles. The molecule has 4 rings (SSSR count). The van der Waals surface area contributed by atoms with E-state index in [9.17, 15) is 27.6 Å². The van der Waals surface area contributed by atoms with Crippen LogP contribution in [0, 0.1) is 10.8 Å². The molecule has 2 fully saturated rings. The second kappa shape index (κ2) is 11.2. The van der Waals surface area contributed by atoms with E-state index in [-0.39, 0.29) is 47.7 Å². The minimum Gasteiger partial charge on any atom is -0.494 e. The number of para-hydroxylation sites is 1. The van der Waals surface area contributed by atoms with Crippen LogP contribution in [0.5, 0.6) is 5.75 Å². The molecule has 1 saturated carbocycles. The molecule has 0 bridgehead atoms. The molecule has 13 heteroatoms. The van der Waals surface area contributed by atoms with Crippen molar-refractivity contribution in [2.75, 3.05) is 13.2 Å². The largest absolute Gasteiger partial charge is 0.494 e. The zero-order valence-corrected chi connectivity index (χ0v) is 22.1. The molecule has 1 saturated heterocycles. The van der Waals surface area contributed by atoms with E-state index in [1.54, 1.807) is 0 Å². The molecule has 2 aromatic rings. The number of thiophene rings is 1. The highest BCUT2D eigenvalue weighted by atomic mass is 32.1. The number of halogens is 3. The first-order valence-corrected chi connectivity index (χ1v) is 13.3. The highest BCUT2D eigenvalue weighted by Crippen LogP contribution is 2.59. The Kier molecular flexibility index (Phi) is 8.19. The lowest BCUT2D eigenvalue weighted by Gasteiger charge is -2.27. The lowest BCUT2D eigenvalue weighted by atomic mass is 10.0. The van der Waals surface area contributed by atoms with Crippen LogP contribution in [0.4, 0.5) is 13.2 Å². The first-order valence-electron chi connectivity index (χ1n) is 12.5. The maximum Gasteiger partial charge on any atom is 0.426 e. The fourth-order valence-corrected chi connectivity index (χ4v) is 5.86. The van der Waals surface area contributed by atoms with E-state index in [1.165, 1.54) is 4.90 Å². The Morgan fingerprint density at radius 1 is 1.21 bits per heavy atom. The van der Waals surface area contributed by atoms with Crippen molar-refractivity contribution in [1.82, 2.24) is 15.5 Å². The highest BCUT2D eigenvalue weighted by Gasteiger charge is 2.64. The van der Waals surface area contributed by atoms with E-state index < -0.39 is 34.4 Å². The van der Waals surface area contributed by atoms with Crippen LogP contribution in [0.15, 0.2) is 36.4 Å². The zero-order chi connectivity index (χ0) is 28.4. The summed E-state index contributed by atoms with van der Waals surface area (Å²) in [7, 11) is 0. The maximum absolute atomic E-state index is 13.3. The van der Waals surface area contributed by atoms with Crippen molar-refractivity contribution in [3.8, 4) is 5.75 Å². The lowest BCUT2D eigenvalue weighted by Crippen LogP contribution is -2.50. The quantitative estimate of drug-likeness (QED) is 0.189. The smallest absolute Gasteiger partial charge is 0.426 e. The first kappa shape index (κ1) is 28.4. The van der Waals surface area contributed by atoms with E-state index >= 15 is 0 Å². The Bertz CT molecular complexity index is 1250. The van der Waals surface area contributed by atoms with Crippen LogP contribution >= 0.6 is 11.3 Å². The second-order valence-electron chi connectivity index (χ2n) is 10.0. The Labute approximate surface area is 227 Å². The van der Waals surface area contributed by atoms with Crippen LogP contribution in [0.2, 0.25) is 0 Å². The van der Waals surface area contributed by atoms with Gasteiger partial charge in [-0.2, -0.15) is 13.2 Å². The number of piperidine rings is 1. The molecule has 9 nitrogen and oxygen atoms in total. The van der Waals surface area contributed by atoms with Crippen LogP contribution < -0.4 is 21.1 Å². The number of amides is 3. The van der Waals surface area contributed by atoms with Crippen LogP contribution in [-0.2, 0) is 27.1 Å². The van der Waals surface area contributed by atoms with E-state index in [0.717, 1.165) is 12.5 Å². The second-order valence-corrected chi connectivity index (χ2v) is 11.2. The number of carbonyl (C=O) groups excluding carboxylic acids is 3. The molecule has 3 atom stereocenters. The van der Waals surface area contributed by atoms with Crippen molar-refractivity contribution in [2.45, 2.75) is 57.4 Å². The Hall–Kier alpha value is -3.61. The molecule has 1 aromatic heterocycles. The van der Waals surface area contributed by atoms with Crippen LogP contribution in [0.3, 0.4) is 0 Å². The van der Waals surface area contributed by atoms with Crippen molar-refractivity contribution in [2.24, 2.45) is 11.1 Å². The van der Waals surface area contributed by atoms with Crippen molar-refractivity contribution < 1.29 is 32.3 Å². The van der Waals surface area contributed by atoms with Gasteiger partial charge < -0.3 is 26.0 Å². The van der Waals surface area contributed by atoms with E-state index in [1.807, 2.05) is 37.3 Å². The maximum atomic E-state index is 13.3. The van der Waals surface area contributed by atoms with E-state index in [4.69, 9.17) is 15.9 Å². The highest BCUT2D eigenvalue weighted by molar-refractivity contribution is 7.12. The molecule has 5 N–H and O–H groups in total. The van der Waals surface area contributed by atoms with Gasteiger partial charge in [-0.05, 0) is 42.9 Å². The van der Waals surface area contributed by atoms with Crippen LogP contribution in [0.1, 0.15) is 47.9 Å². The molecule has 0 spiro atoms. The predicted molar refractivity (Wildman–Crippen MR) is 138 cm³/mol. The SMILES string of the molecule is C[C@@]12C[C@@H]1N(C(=O)CNC(=O)CCCOc1ccccc1)[C@H](C(=O)NCc1cc(C(=N)N)c(C(F)(F)F)s1)C2. The van der Waals surface area contributed by atoms with Gasteiger partial charge in [0.05, 0.1) is 19.7 Å². The predicted octanol–water partition coefficient (Wildman–Crippen LogP) is 3.02. The standard InChI is InChI=1S/C26H30F3N5O4S/c1-25-11-18(24(37)33-13-16-10-17(23(30)31)22(39-16)26(27,28)29)34(19(25)12-25)21(36)14-32-20(35)8-5-9-38-15-6-3-2-4-7-15/h2-4,6-7,10,18-19H,5,8-9,11-14H2,1H3,(H3,30,31)(H,32,35)(H,33,37)/t18-,19-,25+/m0/s1. The fourth-order valence-electron chi connectivity index (χ4n) is 4.89. The molecule has 2 heterocycles. The van der Waals surface area contributed by atoms with Gasteiger partial charge in [-0.1, -0.05) is 25.1 Å². The van der Waals surface area contributed by atoms with Crippen molar-refractivity contribution in [3.63, 3.8) is 0 Å². The van der Waals surface area contributed by atoms with Crippen molar-refractivity contribution in [3.05, 3.63) is 51.7 Å². The number of ether oxygens (including phenoxy) is 1. The third kappa shape index (κ3) is 6.70. The third-order valence-electron chi connectivity index (χ3n) is 6.99. The van der Waals surface area contributed by atoms with Gasteiger partial charge in [-0.25, -0.2) is 0 Å². The van der Waals surface area contributed by atoms with Gasteiger partial charge in [-0.15, -0.1) is 11.3 Å². The Morgan fingerprint density at radius 2 is 1.92 bits per heavy atom. The number of nitrogens with zero attached hydrogens (tertiary/aromatic N) is 1. The summed E-state index contributed by atoms with van der Waals surface area (Å²) in [5.74, 6) is -1.17. The third-order valence-corrected chi connectivity index (χ3v) is 8.17.